The summed E-state index contributed by atoms with van der Waals surface area (Å²) in [6, 6.07) is 14.8. The minimum absolute atomic E-state index is 0.230. The van der Waals surface area contributed by atoms with Gasteiger partial charge in [-0.05, 0) is 46.3 Å². The number of carbonyl (C=O) groups is 1. The lowest BCUT2D eigenvalue weighted by atomic mass is 10.1. The Hall–Kier alpha value is -2.40. The van der Waals surface area contributed by atoms with Crippen molar-refractivity contribution in [2.45, 2.75) is 0 Å². The molecule has 0 saturated carbocycles. The van der Waals surface area contributed by atoms with E-state index in [1.807, 2.05) is 30.3 Å². The Morgan fingerprint density at radius 3 is 2.81 bits per heavy atom. The van der Waals surface area contributed by atoms with Gasteiger partial charge in [-0.1, -0.05) is 18.2 Å². The number of nitrogen functional groups attached to an aromatic ring is 1. The van der Waals surface area contributed by atoms with E-state index >= 15 is 0 Å². The lowest BCUT2D eigenvalue weighted by molar-refractivity contribution is 0.102. The quantitative estimate of drug-likeness (QED) is 0.696. The van der Waals surface area contributed by atoms with Crippen LogP contribution in [0.15, 0.2) is 59.2 Å². The first-order valence-electron chi connectivity index (χ1n) is 6.34. The molecule has 3 rings (SSSR count). The number of nitrogens with two attached hydrogens (primary N) is 1. The SMILES string of the molecule is Nc1ccc(Br)c(C(=O)Nc2cnc3ccccc3c2)c1. The average molecular weight is 342 g/mol. The molecule has 0 atom stereocenters. The summed E-state index contributed by atoms with van der Waals surface area (Å²) >= 11 is 3.35. The highest BCUT2D eigenvalue weighted by atomic mass is 79.9. The van der Waals surface area contributed by atoms with Gasteiger partial charge in [0.15, 0.2) is 0 Å². The number of hydrogen-bond acceptors (Lipinski definition) is 3. The molecule has 0 fully saturated rings. The van der Waals surface area contributed by atoms with Crippen molar-refractivity contribution in [2.24, 2.45) is 0 Å². The predicted octanol–water partition coefficient (Wildman–Crippen LogP) is 3.83. The number of aromatic nitrogens is 1. The fourth-order valence-electron chi connectivity index (χ4n) is 2.05. The van der Waals surface area contributed by atoms with Gasteiger partial charge in [0.05, 0.1) is 23.0 Å². The van der Waals surface area contributed by atoms with Crippen LogP contribution in [0.2, 0.25) is 0 Å². The van der Waals surface area contributed by atoms with E-state index < -0.39 is 0 Å². The Labute approximate surface area is 130 Å². The molecule has 0 saturated heterocycles. The predicted molar refractivity (Wildman–Crippen MR) is 88.3 cm³/mol. The van der Waals surface area contributed by atoms with Crippen molar-refractivity contribution in [3.05, 3.63) is 64.8 Å². The minimum Gasteiger partial charge on any atom is -0.399 e. The van der Waals surface area contributed by atoms with Crippen LogP contribution in [0, 0.1) is 0 Å². The number of pyridine rings is 1. The molecule has 0 aliphatic heterocycles. The second-order valence-corrected chi connectivity index (χ2v) is 5.46. The Morgan fingerprint density at radius 2 is 1.95 bits per heavy atom. The van der Waals surface area contributed by atoms with E-state index in [2.05, 4.69) is 26.2 Å². The van der Waals surface area contributed by atoms with E-state index in [-0.39, 0.29) is 5.91 Å². The maximum Gasteiger partial charge on any atom is 0.256 e. The van der Waals surface area contributed by atoms with Crippen molar-refractivity contribution in [1.82, 2.24) is 4.98 Å². The highest BCUT2D eigenvalue weighted by Crippen LogP contribution is 2.22. The summed E-state index contributed by atoms with van der Waals surface area (Å²) in [6.07, 6.45) is 1.64. The van der Waals surface area contributed by atoms with Gasteiger partial charge in [-0.2, -0.15) is 0 Å². The monoisotopic (exact) mass is 341 g/mol. The molecule has 0 unspecified atom stereocenters. The zero-order valence-electron chi connectivity index (χ0n) is 11.0. The number of rotatable bonds is 2. The maximum atomic E-state index is 12.3. The number of fused-ring (bicyclic) bond motifs is 1. The standard InChI is InChI=1S/C16H12BrN3O/c17-14-6-5-11(18)8-13(14)16(21)20-12-7-10-3-1-2-4-15(10)19-9-12/h1-9H,18H2,(H,20,21). The Kier molecular flexibility index (Phi) is 3.58. The second-order valence-electron chi connectivity index (χ2n) is 4.61. The van der Waals surface area contributed by atoms with Gasteiger partial charge < -0.3 is 11.1 Å². The van der Waals surface area contributed by atoms with Crippen LogP contribution in [0.25, 0.3) is 10.9 Å². The minimum atomic E-state index is -0.230. The average Bonchev–Trinajstić information content (AvgIpc) is 2.49. The van der Waals surface area contributed by atoms with Crippen LogP contribution in [-0.4, -0.2) is 10.9 Å². The van der Waals surface area contributed by atoms with Crippen molar-refractivity contribution in [2.75, 3.05) is 11.1 Å². The Morgan fingerprint density at radius 1 is 1.14 bits per heavy atom. The van der Waals surface area contributed by atoms with Crippen LogP contribution in [0.4, 0.5) is 11.4 Å². The van der Waals surface area contributed by atoms with Crippen LogP contribution in [0.1, 0.15) is 10.4 Å². The fourth-order valence-corrected chi connectivity index (χ4v) is 2.48. The molecule has 21 heavy (non-hydrogen) atoms. The van der Waals surface area contributed by atoms with Gasteiger partial charge in [0.2, 0.25) is 0 Å². The fraction of sp³-hybridized carbons (Fsp3) is 0. The maximum absolute atomic E-state index is 12.3. The number of para-hydroxylation sites is 1. The van der Waals surface area contributed by atoms with E-state index in [4.69, 9.17) is 5.73 Å². The third kappa shape index (κ3) is 2.87. The number of amides is 1. The molecular weight excluding hydrogens is 330 g/mol. The lowest BCUT2D eigenvalue weighted by Crippen LogP contribution is -2.13. The van der Waals surface area contributed by atoms with Gasteiger partial charge in [-0.3, -0.25) is 9.78 Å². The van der Waals surface area contributed by atoms with Crippen LogP contribution in [0.3, 0.4) is 0 Å². The molecule has 0 aliphatic rings. The summed E-state index contributed by atoms with van der Waals surface area (Å²) in [6.45, 7) is 0. The summed E-state index contributed by atoms with van der Waals surface area (Å²) in [7, 11) is 0. The number of nitrogens with one attached hydrogen (secondary N) is 1. The van der Waals surface area contributed by atoms with Crippen molar-refractivity contribution in [3.8, 4) is 0 Å². The molecule has 3 N–H and O–H groups in total. The summed E-state index contributed by atoms with van der Waals surface area (Å²) in [5.41, 5.74) is 8.29. The molecule has 104 valence electrons. The highest BCUT2D eigenvalue weighted by molar-refractivity contribution is 9.10. The molecule has 1 heterocycles. The Balaban J connectivity index is 1.90. The van der Waals surface area contributed by atoms with Crippen molar-refractivity contribution in [3.63, 3.8) is 0 Å². The van der Waals surface area contributed by atoms with Crippen LogP contribution < -0.4 is 11.1 Å². The van der Waals surface area contributed by atoms with E-state index in [0.29, 0.717) is 21.4 Å². The highest BCUT2D eigenvalue weighted by Gasteiger charge is 2.11. The second kappa shape index (κ2) is 5.54. The van der Waals surface area contributed by atoms with E-state index in [9.17, 15) is 4.79 Å². The summed E-state index contributed by atoms with van der Waals surface area (Å²) in [4.78, 5) is 16.6. The molecule has 0 radical (unpaired) electrons. The zero-order chi connectivity index (χ0) is 14.8. The molecule has 0 bridgehead atoms. The topological polar surface area (TPSA) is 68.0 Å². The first-order chi connectivity index (χ1) is 10.1. The van der Waals surface area contributed by atoms with E-state index in [0.717, 1.165) is 10.9 Å². The number of hydrogen-bond donors (Lipinski definition) is 2. The van der Waals surface area contributed by atoms with Gasteiger partial charge in [0, 0.05) is 15.5 Å². The molecule has 0 aliphatic carbocycles. The van der Waals surface area contributed by atoms with Gasteiger partial charge in [-0.25, -0.2) is 0 Å². The smallest absolute Gasteiger partial charge is 0.256 e. The summed E-state index contributed by atoms with van der Waals surface area (Å²) < 4.78 is 0.697. The van der Waals surface area contributed by atoms with Crippen molar-refractivity contribution < 1.29 is 4.79 Å². The largest absolute Gasteiger partial charge is 0.399 e. The first-order valence-corrected chi connectivity index (χ1v) is 7.14. The molecule has 1 amide bonds. The normalized spacial score (nSPS) is 10.5. The molecule has 4 nitrogen and oxygen atoms in total. The molecular formula is C16H12BrN3O. The summed E-state index contributed by atoms with van der Waals surface area (Å²) in [5, 5.41) is 3.81. The number of carbonyl (C=O) groups excluding carboxylic acids is 1. The van der Waals surface area contributed by atoms with Gasteiger partial charge in [-0.15, -0.1) is 0 Å². The molecule has 3 aromatic rings. The first kappa shape index (κ1) is 13.6. The van der Waals surface area contributed by atoms with Crippen molar-refractivity contribution >= 4 is 44.1 Å². The Bertz CT molecular complexity index is 833. The number of anilines is 2. The van der Waals surface area contributed by atoms with Gasteiger partial charge >= 0.3 is 0 Å². The molecule has 1 aromatic heterocycles. The summed E-state index contributed by atoms with van der Waals surface area (Å²) in [5.74, 6) is -0.230. The zero-order valence-corrected chi connectivity index (χ0v) is 12.6. The number of halogens is 1. The van der Waals surface area contributed by atoms with Crippen molar-refractivity contribution in [1.29, 1.82) is 0 Å². The third-order valence-corrected chi connectivity index (χ3v) is 3.77. The number of nitrogens with zero attached hydrogens (tertiary/aromatic N) is 1. The molecule has 0 spiro atoms. The van der Waals surface area contributed by atoms with Crippen LogP contribution >= 0.6 is 15.9 Å². The molecule has 2 aromatic carbocycles. The number of benzene rings is 2. The van der Waals surface area contributed by atoms with Gasteiger partial charge in [0.25, 0.3) is 5.91 Å². The lowest BCUT2D eigenvalue weighted by Gasteiger charge is -2.08. The van der Waals surface area contributed by atoms with Crippen LogP contribution in [-0.2, 0) is 0 Å². The van der Waals surface area contributed by atoms with E-state index in [1.165, 1.54) is 0 Å². The van der Waals surface area contributed by atoms with Gasteiger partial charge in [0.1, 0.15) is 0 Å². The van der Waals surface area contributed by atoms with E-state index in [1.54, 1.807) is 24.4 Å². The third-order valence-electron chi connectivity index (χ3n) is 3.08. The molecule has 5 heteroatoms. The van der Waals surface area contributed by atoms with Crippen LogP contribution in [0.5, 0.6) is 0 Å².